The van der Waals surface area contributed by atoms with Gasteiger partial charge in [-0.25, -0.2) is 0 Å². The fourth-order valence-corrected chi connectivity index (χ4v) is 3.80. The van der Waals surface area contributed by atoms with Crippen LogP contribution in [-0.2, 0) is 24.5 Å². The number of benzene rings is 2. The van der Waals surface area contributed by atoms with Crippen LogP contribution >= 0.6 is 0 Å². The van der Waals surface area contributed by atoms with Crippen LogP contribution < -0.4 is 10.2 Å². The summed E-state index contributed by atoms with van der Waals surface area (Å²) in [5.74, 6) is -0.848. The van der Waals surface area contributed by atoms with E-state index in [2.05, 4.69) is 5.32 Å². The Kier molecular flexibility index (Phi) is 4.63. The number of para-hydroxylation sites is 2. The summed E-state index contributed by atoms with van der Waals surface area (Å²) in [5, 5.41) is 2.82. The molecule has 0 unspecified atom stereocenters. The summed E-state index contributed by atoms with van der Waals surface area (Å²) in [4.78, 5) is 39.2. The van der Waals surface area contributed by atoms with Crippen LogP contribution in [0.1, 0.15) is 31.7 Å². The van der Waals surface area contributed by atoms with E-state index in [1.807, 2.05) is 43.3 Å². The number of carbonyl (C=O) groups is 3. The standard InChI is InChI=1S/C22H22N2O4/c1-15-13-19(25)23-17-9-5-6-10-18(17)24(15)20(26)14-28-21(27)22(11-12-22)16-7-3-2-4-8-16/h2-10,15H,11-14H2,1H3,(H,23,25)/t15-/m1/s1. The lowest BCUT2D eigenvalue weighted by Gasteiger charge is -2.28. The Hall–Kier alpha value is -3.15. The van der Waals surface area contributed by atoms with Gasteiger partial charge in [-0.15, -0.1) is 0 Å². The number of carbonyl (C=O) groups excluding carboxylic acids is 3. The van der Waals surface area contributed by atoms with Gasteiger partial charge >= 0.3 is 5.97 Å². The fraction of sp³-hybridized carbons (Fsp3) is 0.318. The number of hydrogen-bond acceptors (Lipinski definition) is 4. The summed E-state index contributed by atoms with van der Waals surface area (Å²) in [6.07, 6.45) is 1.64. The number of nitrogens with one attached hydrogen (secondary N) is 1. The predicted octanol–water partition coefficient (Wildman–Crippen LogP) is 3.03. The highest BCUT2D eigenvalue weighted by Crippen LogP contribution is 2.49. The van der Waals surface area contributed by atoms with Crippen molar-refractivity contribution in [1.82, 2.24) is 0 Å². The van der Waals surface area contributed by atoms with Gasteiger partial charge in [-0.05, 0) is 37.5 Å². The number of ether oxygens (including phenoxy) is 1. The third-order valence-electron chi connectivity index (χ3n) is 5.42. The van der Waals surface area contributed by atoms with Gasteiger partial charge in [0.05, 0.1) is 16.8 Å². The van der Waals surface area contributed by atoms with E-state index in [1.54, 1.807) is 23.1 Å². The molecule has 0 aromatic heterocycles. The third kappa shape index (κ3) is 3.26. The first kappa shape index (κ1) is 18.2. The molecule has 2 aromatic rings. The zero-order valence-corrected chi connectivity index (χ0v) is 15.7. The van der Waals surface area contributed by atoms with Gasteiger partial charge in [-0.2, -0.15) is 0 Å². The highest BCUT2D eigenvalue weighted by atomic mass is 16.5. The van der Waals surface area contributed by atoms with E-state index in [-0.39, 0.29) is 36.9 Å². The quantitative estimate of drug-likeness (QED) is 0.830. The van der Waals surface area contributed by atoms with E-state index in [0.717, 1.165) is 18.4 Å². The summed E-state index contributed by atoms with van der Waals surface area (Å²) in [7, 11) is 0. The maximum Gasteiger partial charge on any atom is 0.317 e. The first-order valence-electron chi connectivity index (χ1n) is 9.45. The van der Waals surface area contributed by atoms with Gasteiger partial charge in [0.25, 0.3) is 5.91 Å². The number of hydrogen-bond donors (Lipinski definition) is 1. The molecular formula is C22H22N2O4. The molecule has 0 spiro atoms. The molecule has 1 saturated carbocycles. The molecule has 0 radical (unpaired) electrons. The van der Waals surface area contributed by atoms with E-state index in [0.29, 0.717) is 11.4 Å². The Balaban J connectivity index is 1.49. The minimum absolute atomic E-state index is 0.145. The molecular weight excluding hydrogens is 356 g/mol. The summed E-state index contributed by atoms with van der Waals surface area (Å²) < 4.78 is 5.43. The van der Waals surface area contributed by atoms with E-state index in [9.17, 15) is 14.4 Å². The van der Waals surface area contributed by atoms with Gasteiger partial charge in [0.1, 0.15) is 0 Å². The van der Waals surface area contributed by atoms with Crippen LogP contribution in [0, 0.1) is 0 Å². The van der Waals surface area contributed by atoms with Crippen molar-refractivity contribution in [3.05, 3.63) is 60.2 Å². The van der Waals surface area contributed by atoms with E-state index >= 15 is 0 Å². The van der Waals surface area contributed by atoms with E-state index in [1.165, 1.54) is 0 Å². The van der Waals surface area contributed by atoms with Gasteiger partial charge in [0.15, 0.2) is 6.61 Å². The Morgan fingerprint density at radius 3 is 2.50 bits per heavy atom. The Morgan fingerprint density at radius 2 is 1.79 bits per heavy atom. The monoisotopic (exact) mass is 378 g/mol. The minimum Gasteiger partial charge on any atom is -0.455 e. The van der Waals surface area contributed by atoms with E-state index in [4.69, 9.17) is 4.74 Å². The Labute approximate surface area is 163 Å². The van der Waals surface area contributed by atoms with E-state index < -0.39 is 5.41 Å². The fourth-order valence-electron chi connectivity index (χ4n) is 3.80. The van der Waals surface area contributed by atoms with Gasteiger partial charge in [0.2, 0.25) is 5.91 Å². The molecule has 28 heavy (non-hydrogen) atoms. The van der Waals surface area contributed by atoms with Crippen molar-refractivity contribution < 1.29 is 19.1 Å². The van der Waals surface area contributed by atoms with Crippen LogP contribution in [0.25, 0.3) is 0 Å². The third-order valence-corrected chi connectivity index (χ3v) is 5.42. The SMILES string of the molecule is C[C@@H]1CC(=O)Nc2ccccc2N1C(=O)COC(=O)C1(c2ccccc2)CC1. The zero-order valence-electron chi connectivity index (χ0n) is 15.7. The molecule has 6 heteroatoms. The number of esters is 1. The lowest BCUT2D eigenvalue weighted by molar-refractivity contribution is -0.150. The van der Waals surface area contributed by atoms with Crippen molar-refractivity contribution in [3.8, 4) is 0 Å². The maximum atomic E-state index is 12.9. The molecule has 2 aliphatic rings. The van der Waals surface area contributed by atoms with Crippen molar-refractivity contribution in [2.24, 2.45) is 0 Å². The molecule has 0 bridgehead atoms. The van der Waals surface area contributed by atoms with Gasteiger partial charge in [-0.1, -0.05) is 42.5 Å². The summed E-state index contributed by atoms with van der Waals surface area (Å²) in [6.45, 7) is 1.47. The minimum atomic E-state index is -0.624. The first-order valence-corrected chi connectivity index (χ1v) is 9.45. The Bertz CT molecular complexity index is 921. The number of amides is 2. The molecule has 1 aliphatic carbocycles. The average Bonchev–Trinajstić information content (AvgIpc) is 3.51. The van der Waals surface area contributed by atoms with Crippen LogP contribution in [0.5, 0.6) is 0 Å². The first-order chi connectivity index (χ1) is 13.5. The summed E-state index contributed by atoms with van der Waals surface area (Å²) in [6, 6.07) is 16.3. The largest absolute Gasteiger partial charge is 0.455 e. The highest BCUT2D eigenvalue weighted by molar-refractivity contribution is 6.05. The summed E-state index contributed by atoms with van der Waals surface area (Å²) >= 11 is 0. The van der Waals surface area contributed by atoms with Gasteiger partial charge in [0, 0.05) is 12.5 Å². The molecule has 1 atom stereocenters. The highest BCUT2D eigenvalue weighted by Gasteiger charge is 2.53. The summed E-state index contributed by atoms with van der Waals surface area (Å²) in [5.41, 5.74) is 1.50. The van der Waals surface area contributed by atoms with Crippen LogP contribution in [0.2, 0.25) is 0 Å². The number of fused-ring (bicyclic) bond motifs is 1. The molecule has 144 valence electrons. The second-order valence-corrected chi connectivity index (χ2v) is 7.41. The van der Waals surface area contributed by atoms with Gasteiger partial charge < -0.3 is 15.0 Å². The molecule has 2 amide bonds. The lowest BCUT2D eigenvalue weighted by Crippen LogP contribution is -2.42. The molecule has 1 N–H and O–H groups in total. The molecule has 1 heterocycles. The maximum absolute atomic E-state index is 12.9. The van der Waals surface area contributed by atoms with Crippen LogP contribution in [0.3, 0.4) is 0 Å². The molecule has 4 rings (SSSR count). The molecule has 0 saturated heterocycles. The molecule has 6 nitrogen and oxygen atoms in total. The van der Waals surface area contributed by atoms with Crippen molar-refractivity contribution in [1.29, 1.82) is 0 Å². The molecule has 1 aliphatic heterocycles. The van der Waals surface area contributed by atoms with Crippen LogP contribution in [-0.4, -0.2) is 30.4 Å². The van der Waals surface area contributed by atoms with Crippen molar-refractivity contribution in [3.63, 3.8) is 0 Å². The normalized spacial score (nSPS) is 19.8. The number of anilines is 2. The van der Waals surface area contributed by atoms with Crippen molar-refractivity contribution in [2.75, 3.05) is 16.8 Å². The number of rotatable bonds is 4. The van der Waals surface area contributed by atoms with Crippen LogP contribution in [0.4, 0.5) is 11.4 Å². The van der Waals surface area contributed by atoms with Crippen molar-refractivity contribution in [2.45, 2.75) is 37.6 Å². The lowest BCUT2D eigenvalue weighted by atomic mass is 9.96. The predicted molar refractivity (Wildman–Crippen MR) is 105 cm³/mol. The molecule has 2 aromatic carbocycles. The van der Waals surface area contributed by atoms with Gasteiger partial charge in [-0.3, -0.25) is 14.4 Å². The number of nitrogens with zero attached hydrogens (tertiary/aromatic N) is 1. The second-order valence-electron chi connectivity index (χ2n) is 7.41. The Morgan fingerprint density at radius 1 is 1.11 bits per heavy atom. The average molecular weight is 378 g/mol. The van der Waals surface area contributed by atoms with Crippen molar-refractivity contribution >= 4 is 29.2 Å². The van der Waals surface area contributed by atoms with Crippen LogP contribution in [0.15, 0.2) is 54.6 Å². The zero-order chi connectivity index (χ0) is 19.7. The molecule has 1 fully saturated rings. The smallest absolute Gasteiger partial charge is 0.317 e. The second kappa shape index (κ2) is 7.11. The topological polar surface area (TPSA) is 75.7 Å².